The molecule has 1 saturated carbocycles. The van der Waals surface area contributed by atoms with Gasteiger partial charge in [0.25, 0.3) is 11.8 Å². The highest BCUT2D eigenvalue weighted by molar-refractivity contribution is 5.93. The molecule has 3 N–H and O–H groups in total. The molecule has 11 nitrogen and oxygen atoms in total. The van der Waals surface area contributed by atoms with Crippen molar-refractivity contribution in [3.8, 4) is 17.1 Å². The molecule has 0 saturated heterocycles. The number of rotatable bonds is 9. The van der Waals surface area contributed by atoms with Gasteiger partial charge in [-0.05, 0) is 87.4 Å². The van der Waals surface area contributed by atoms with Crippen LogP contribution in [-0.4, -0.2) is 60.9 Å². The molecule has 3 aromatic rings. The first-order valence-corrected chi connectivity index (χ1v) is 12.8. The number of benzene rings is 1. The third kappa shape index (κ3) is 7.12. The Labute approximate surface area is 222 Å². The van der Waals surface area contributed by atoms with Crippen molar-refractivity contribution in [3.63, 3.8) is 0 Å². The molecule has 2 heterocycles. The van der Waals surface area contributed by atoms with Gasteiger partial charge in [0.2, 0.25) is 5.82 Å². The average Bonchev–Trinajstić information content (AvgIpc) is 3.36. The Hall–Kier alpha value is -3.86. The topological polar surface area (TPSA) is 144 Å². The van der Waals surface area contributed by atoms with Gasteiger partial charge in [-0.15, -0.1) is 10.2 Å². The molecule has 0 unspecified atom stereocenters. The van der Waals surface area contributed by atoms with Gasteiger partial charge in [-0.25, -0.2) is 4.98 Å². The zero-order valence-electron chi connectivity index (χ0n) is 22.3. The van der Waals surface area contributed by atoms with Gasteiger partial charge in [-0.3, -0.25) is 9.59 Å². The minimum Gasteiger partial charge on any atom is -0.497 e. The van der Waals surface area contributed by atoms with Crippen molar-refractivity contribution in [1.29, 1.82) is 0 Å². The number of nitrogens with zero attached hydrogens (tertiary/aromatic N) is 5. The molecule has 0 atom stereocenters. The van der Waals surface area contributed by atoms with Crippen LogP contribution in [0.5, 0.6) is 5.75 Å². The van der Waals surface area contributed by atoms with Gasteiger partial charge in [-0.1, -0.05) is 12.1 Å². The Kier molecular flexibility index (Phi) is 8.35. The summed E-state index contributed by atoms with van der Waals surface area (Å²) in [5.41, 5.74) is 1.18. The lowest BCUT2D eigenvalue weighted by atomic mass is 9.86. The van der Waals surface area contributed by atoms with Crippen LogP contribution in [0.4, 0.5) is 0 Å². The molecule has 1 aliphatic carbocycles. The van der Waals surface area contributed by atoms with Gasteiger partial charge in [0.1, 0.15) is 17.0 Å². The molecule has 0 radical (unpaired) electrons. The van der Waals surface area contributed by atoms with E-state index in [4.69, 9.17) is 4.74 Å². The number of carbonyl (C=O) groups is 2. The van der Waals surface area contributed by atoms with Crippen LogP contribution in [0.15, 0.2) is 36.4 Å². The zero-order chi connectivity index (χ0) is 27.3. The van der Waals surface area contributed by atoms with Crippen LogP contribution in [0.1, 0.15) is 61.3 Å². The summed E-state index contributed by atoms with van der Waals surface area (Å²) >= 11 is 0. The second-order valence-electron chi connectivity index (χ2n) is 10.3. The number of methoxy groups -OCH3 is 1. The molecule has 0 aliphatic heterocycles. The van der Waals surface area contributed by atoms with E-state index in [1.165, 1.54) is 13.8 Å². The number of aryl methyl sites for hydroxylation is 1. The standard InChI is InChI=1S/C27H35N7O4/c1-17-12-20(14-23(29-17)25(35)28-15-19-6-5-7-22(13-19)38-4)24-31-33-34(32-24)16-18-8-10-21(11-9-18)30-26(36)27(2,3)37/h5-7,12-14,18,21,37H,8-11,15-16H2,1-4H3,(H,28,35)(H,30,36). The number of ether oxygens (including phenoxy) is 1. The Bertz CT molecular complexity index is 1280. The van der Waals surface area contributed by atoms with Crippen LogP contribution in [0.3, 0.4) is 0 Å². The number of aromatic nitrogens is 5. The number of nitrogens with one attached hydrogen (secondary N) is 2. The fourth-order valence-electron chi connectivity index (χ4n) is 4.49. The molecule has 2 amide bonds. The van der Waals surface area contributed by atoms with E-state index in [0.717, 1.165) is 37.0 Å². The van der Waals surface area contributed by atoms with Crippen molar-refractivity contribution >= 4 is 11.8 Å². The van der Waals surface area contributed by atoms with Gasteiger partial charge < -0.3 is 20.5 Å². The smallest absolute Gasteiger partial charge is 0.270 e. The van der Waals surface area contributed by atoms with Crippen molar-refractivity contribution in [1.82, 2.24) is 35.8 Å². The number of tetrazole rings is 1. The van der Waals surface area contributed by atoms with E-state index in [1.807, 2.05) is 37.3 Å². The van der Waals surface area contributed by atoms with E-state index in [1.54, 1.807) is 18.0 Å². The molecule has 2 aromatic heterocycles. The SMILES string of the molecule is COc1cccc(CNC(=O)c2cc(-c3nnn(CC4CCC(NC(=O)C(C)(C)O)CC4)n3)cc(C)n2)c1. The maximum Gasteiger partial charge on any atom is 0.270 e. The lowest BCUT2D eigenvalue weighted by Gasteiger charge is -2.30. The maximum atomic E-state index is 12.8. The molecule has 0 spiro atoms. The highest BCUT2D eigenvalue weighted by Gasteiger charge is 2.29. The van der Waals surface area contributed by atoms with Crippen molar-refractivity contribution in [2.45, 2.75) is 71.2 Å². The van der Waals surface area contributed by atoms with Crippen LogP contribution in [0, 0.1) is 12.8 Å². The Morgan fingerprint density at radius 3 is 2.63 bits per heavy atom. The molecule has 0 bridgehead atoms. The number of amides is 2. The van der Waals surface area contributed by atoms with Crippen LogP contribution in [0.25, 0.3) is 11.4 Å². The number of pyridine rings is 1. The number of hydrogen-bond donors (Lipinski definition) is 3. The Morgan fingerprint density at radius 2 is 1.92 bits per heavy atom. The Balaban J connectivity index is 1.34. The predicted molar refractivity (Wildman–Crippen MR) is 140 cm³/mol. The molecule has 1 fully saturated rings. The normalized spacial score (nSPS) is 17.6. The van der Waals surface area contributed by atoms with Gasteiger partial charge in [0.05, 0.1) is 13.7 Å². The average molecular weight is 522 g/mol. The van der Waals surface area contributed by atoms with Gasteiger partial charge >= 0.3 is 0 Å². The second-order valence-corrected chi connectivity index (χ2v) is 10.3. The van der Waals surface area contributed by atoms with Gasteiger partial charge in [0.15, 0.2) is 0 Å². The number of carbonyl (C=O) groups excluding carboxylic acids is 2. The second kappa shape index (κ2) is 11.7. The lowest BCUT2D eigenvalue weighted by molar-refractivity contribution is -0.137. The summed E-state index contributed by atoms with van der Waals surface area (Å²) in [4.78, 5) is 30.8. The zero-order valence-corrected chi connectivity index (χ0v) is 22.3. The molecule has 1 aromatic carbocycles. The quantitative estimate of drug-likeness (QED) is 0.389. The molecule has 1 aliphatic rings. The van der Waals surface area contributed by atoms with E-state index in [9.17, 15) is 14.7 Å². The minimum absolute atomic E-state index is 0.0673. The fourth-order valence-corrected chi connectivity index (χ4v) is 4.49. The number of aliphatic hydroxyl groups is 1. The van der Waals surface area contributed by atoms with Crippen LogP contribution in [-0.2, 0) is 17.9 Å². The number of hydrogen-bond acceptors (Lipinski definition) is 8. The third-order valence-corrected chi connectivity index (χ3v) is 6.64. The fraction of sp³-hybridized carbons (Fsp3) is 0.481. The lowest BCUT2D eigenvalue weighted by Crippen LogP contribution is -2.47. The summed E-state index contributed by atoms with van der Waals surface area (Å²) in [6.07, 6.45) is 3.51. The molecule has 202 valence electrons. The largest absolute Gasteiger partial charge is 0.497 e. The Morgan fingerprint density at radius 1 is 1.16 bits per heavy atom. The first-order chi connectivity index (χ1) is 18.1. The molecular weight excluding hydrogens is 486 g/mol. The summed E-state index contributed by atoms with van der Waals surface area (Å²) in [6.45, 7) is 5.77. The minimum atomic E-state index is -1.38. The maximum absolute atomic E-state index is 12.8. The van der Waals surface area contributed by atoms with E-state index in [-0.39, 0.29) is 23.6 Å². The van der Waals surface area contributed by atoms with Crippen LogP contribution in [0.2, 0.25) is 0 Å². The first kappa shape index (κ1) is 27.2. The van der Waals surface area contributed by atoms with Gasteiger partial charge in [0, 0.05) is 23.8 Å². The van der Waals surface area contributed by atoms with Crippen molar-refractivity contribution in [2.75, 3.05) is 7.11 Å². The summed E-state index contributed by atoms with van der Waals surface area (Å²) in [5, 5.41) is 28.7. The molecular formula is C27H35N7O4. The van der Waals surface area contributed by atoms with E-state index < -0.39 is 5.60 Å². The van der Waals surface area contributed by atoms with Crippen LogP contribution >= 0.6 is 0 Å². The van der Waals surface area contributed by atoms with Gasteiger partial charge in [-0.2, -0.15) is 4.80 Å². The monoisotopic (exact) mass is 521 g/mol. The highest BCUT2D eigenvalue weighted by Crippen LogP contribution is 2.26. The predicted octanol–water partition coefficient (Wildman–Crippen LogP) is 2.43. The summed E-state index contributed by atoms with van der Waals surface area (Å²) < 4.78 is 5.24. The summed E-state index contributed by atoms with van der Waals surface area (Å²) in [7, 11) is 1.60. The molecule has 11 heteroatoms. The van der Waals surface area contributed by atoms with Crippen LogP contribution < -0.4 is 15.4 Å². The summed E-state index contributed by atoms with van der Waals surface area (Å²) in [6, 6.07) is 11.1. The van der Waals surface area contributed by atoms with Crippen molar-refractivity contribution in [2.24, 2.45) is 5.92 Å². The first-order valence-electron chi connectivity index (χ1n) is 12.8. The third-order valence-electron chi connectivity index (χ3n) is 6.64. The van der Waals surface area contributed by atoms with E-state index >= 15 is 0 Å². The van der Waals surface area contributed by atoms with E-state index in [2.05, 4.69) is 31.0 Å². The highest BCUT2D eigenvalue weighted by atomic mass is 16.5. The summed E-state index contributed by atoms with van der Waals surface area (Å²) in [5.74, 6) is 0.892. The molecule has 38 heavy (non-hydrogen) atoms. The van der Waals surface area contributed by atoms with Crippen molar-refractivity contribution in [3.05, 3.63) is 53.3 Å². The van der Waals surface area contributed by atoms with Crippen molar-refractivity contribution < 1.29 is 19.4 Å². The molecule has 4 rings (SSSR count). The van der Waals surface area contributed by atoms with E-state index in [0.29, 0.717) is 36.1 Å².